The van der Waals surface area contributed by atoms with Crippen LogP contribution in [0.1, 0.15) is 17.5 Å². The molecule has 0 aliphatic carbocycles. The van der Waals surface area contributed by atoms with Gasteiger partial charge in [-0.1, -0.05) is 0 Å². The van der Waals surface area contributed by atoms with Crippen molar-refractivity contribution in [3.8, 4) is 0 Å². The molecular formula is C9H18NO4+. The Kier molecular flexibility index (Phi) is 2.91. The van der Waals surface area contributed by atoms with Crippen LogP contribution >= 0.6 is 0 Å². The molecule has 0 aliphatic heterocycles. The van der Waals surface area contributed by atoms with Crippen LogP contribution in [0.15, 0.2) is 0 Å². The summed E-state index contributed by atoms with van der Waals surface area (Å²) in [5.41, 5.74) is 0. The Hall–Kier alpha value is -1.10. The Morgan fingerprint density at radius 1 is 1.57 bits per heavy atom. The van der Waals surface area contributed by atoms with E-state index < -0.39 is 30.9 Å². The quantitative estimate of drug-likeness (QED) is 0.513. The van der Waals surface area contributed by atoms with Crippen LogP contribution in [-0.2, 0) is 14.3 Å². The maximum absolute atomic E-state index is 10.9. The van der Waals surface area contributed by atoms with Crippen molar-refractivity contribution < 1.29 is 28.0 Å². The highest BCUT2D eigenvalue weighted by Gasteiger charge is 2.23. The molecule has 0 aromatic carbocycles. The Morgan fingerprint density at radius 2 is 2.07 bits per heavy atom. The minimum Gasteiger partial charge on any atom is -0.481 e. The number of quaternary nitrogens is 1. The molecule has 1 atom stereocenters. The van der Waals surface area contributed by atoms with E-state index in [1.807, 2.05) is 0 Å². The summed E-state index contributed by atoms with van der Waals surface area (Å²) in [5.74, 6) is -2.29. The predicted octanol–water partition coefficient (Wildman–Crippen LogP) is 0.0990. The van der Waals surface area contributed by atoms with Crippen LogP contribution in [0.3, 0.4) is 0 Å². The van der Waals surface area contributed by atoms with E-state index in [1.165, 1.54) is 21.1 Å². The topological polar surface area (TPSA) is 63.6 Å². The summed E-state index contributed by atoms with van der Waals surface area (Å²) in [6, 6.07) is 0. The highest BCUT2D eigenvalue weighted by molar-refractivity contribution is 5.69. The molecule has 0 saturated carbocycles. The van der Waals surface area contributed by atoms with Crippen LogP contribution in [0.25, 0.3) is 0 Å². The van der Waals surface area contributed by atoms with Crippen LogP contribution in [-0.4, -0.2) is 55.2 Å². The predicted molar refractivity (Wildman–Crippen MR) is 50.7 cm³/mol. The van der Waals surface area contributed by atoms with Gasteiger partial charge in [-0.25, -0.2) is 0 Å². The van der Waals surface area contributed by atoms with Gasteiger partial charge in [-0.05, 0) is 0 Å². The Labute approximate surface area is 88.1 Å². The third-order valence-electron chi connectivity index (χ3n) is 1.04. The summed E-state index contributed by atoms with van der Waals surface area (Å²) < 4.78 is 27.7. The molecule has 0 unspecified atom stereocenters. The van der Waals surface area contributed by atoms with Crippen molar-refractivity contribution >= 4 is 11.9 Å². The maximum atomic E-state index is 10.9. The summed E-state index contributed by atoms with van der Waals surface area (Å²) >= 11 is 0. The zero-order valence-electron chi connectivity index (χ0n) is 11.8. The Balaban J connectivity index is 5.45. The lowest BCUT2D eigenvalue weighted by Gasteiger charge is -2.28. The van der Waals surface area contributed by atoms with Gasteiger partial charge >= 0.3 is 11.9 Å². The molecule has 14 heavy (non-hydrogen) atoms. The van der Waals surface area contributed by atoms with Crippen LogP contribution in [0.2, 0.25) is 0 Å². The number of esters is 1. The van der Waals surface area contributed by atoms with Gasteiger partial charge in [0.05, 0.1) is 31.7 Å². The van der Waals surface area contributed by atoms with Crippen LogP contribution in [0.4, 0.5) is 0 Å². The van der Waals surface area contributed by atoms with Gasteiger partial charge in [-0.3, -0.25) is 9.59 Å². The van der Waals surface area contributed by atoms with E-state index in [4.69, 9.17) is 9.22 Å². The molecule has 82 valence electrons. The second kappa shape index (κ2) is 4.95. The molecule has 0 bridgehead atoms. The third-order valence-corrected chi connectivity index (χ3v) is 1.04. The highest BCUT2D eigenvalue weighted by Crippen LogP contribution is 2.04. The molecule has 0 saturated heterocycles. The first-order valence-electron chi connectivity index (χ1n) is 5.56. The largest absolute Gasteiger partial charge is 0.481 e. The van der Waals surface area contributed by atoms with E-state index >= 15 is 0 Å². The first-order chi connectivity index (χ1) is 7.33. The number of carboxylic acids is 1. The molecule has 5 heteroatoms. The maximum Gasteiger partial charge on any atom is 0.307 e. The molecule has 0 fully saturated rings. The van der Waals surface area contributed by atoms with Crippen LogP contribution in [0, 0.1) is 0 Å². The molecule has 0 rings (SSSR count). The molecule has 0 aromatic heterocycles. The lowest BCUT2D eigenvalue weighted by atomic mass is 10.2. The van der Waals surface area contributed by atoms with E-state index in [1.54, 1.807) is 0 Å². The monoisotopic (exact) mass is 207 g/mol. The fraction of sp³-hybridized carbons (Fsp3) is 0.778. The van der Waals surface area contributed by atoms with Crippen LogP contribution < -0.4 is 0 Å². The van der Waals surface area contributed by atoms with Gasteiger partial charge in [-0.2, -0.15) is 0 Å². The lowest BCUT2D eigenvalue weighted by Crippen LogP contribution is -2.43. The molecule has 0 amide bonds. The number of hydrogen-bond acceptors (Lipinski definition) is 3. The lowest BCUT2D eigenvalue weighted by molar-refractivity contribution is -0.873. The van der Waals surface area contributed by atoms with Crippen molar-refractivity contribution in [1.29, 1.82) is 0 Å². The zero-order chi connectivity index (χ0) is 14.1. The standard InChI is InChI=1S/C9H17NO4/c1-7(11)14-8(5-9(12)13)6-10(2,3)4/h8H,5-6H2,1-4H3/p+1/t8-/m0/s1/i6D2,8D. The Morgan fingerprint density at radius 3 is 2.36 bits per heavy atom. The summed E-state index contributed by atoms with van der Waals surface area (Å²) in [7, 11) is 4.36. The number of likely N-dealkylation sites (N-methyl/N-ethyl adjacent to an activating group) is 1. The zero-order valence-corrected chi connectivity index (χ0v) is 8.83. The van der Waals surface area contributed by atoms with Crippen molar-refractivity contribution in [3.63, 3.8) is 0 Å². The number of nitrogens with zero attached hydrogens (tertiary/aromatic N) is 1. The molecule has 0 spiro atoms. The van der Waals surface area contributed by atoms with E-state index in [-0.39, 0.29) is 4.48 Å². The van der Waals surface area contributed by atoms with Crippen molar-refractivity contribution in [2.75, 3.05) is 27.6 Å². The average Bonchev–Trinajstić information content (AvgIpc) is 1.97. The smallest absolute Gasteiger partial charge is 0.307 e. The van der Waals surface area contributed by atoms with Crippen molar-refractivity contribution in [1.82, 2.24) is 0 Å². The van der Waals surface area contributed by atoms with Crippen molar-refractivity contribution in [2.24, 2.45) is 0 Å². The fourth-order valence-electron chi connectivity index (χ4n) is 0.783. The highest BCUT2D eigenvalue weighted by atomic mass is 16.5. The molecule has 0 heterocycles. The fourth-order valence-corrected chi connectivity index (χ4v) is 0.783. The molecule has 5 nitrogen and oxygen atoms in total. The number of carboxylic acid groups (broad SMARTS) is 1. The van der Waals surface area contributed by atoms with E-state index in [0.29, 0.717) is 0 Å². The summed E-state index contributed by atoms with van der Waals surface area (Å²) in [4.78, 5) is 21.6. The normalized spacial score (nSPS) is 19.9. The molecular weight excluding hydrogens is 186 g/mol. The minimum absolute atomic E-state index is 0.364. The SMILES string of the molecule is [2H]C([2H])([C@]([2H])(CC(=O)O)OC(C)=O)[N+](C)(C)C. The van der Waals surface area contributed by atoms with Crippen molar-refractivity contribution in [2.45, 2.75) is 19.4 Å². The number of aliphatic carboxylic acids is 1. The van der Waals surface area contributed by atoms with E-state index in [9.17, 15) is 9.59 Å². The number of carbonyl (C=O) groups excluding carboxylic acids is 1. The number of rotatable bonds is 5. The summed E-state index contributed by atoms with van der Waals surface area (Å²) in [6.07, 6.45) is -3.39. The first kappa shape index (κ1) is 8.23. The number of ether oxygens (including phenoxy) is 1. The van der Waals surface area contributed by atoms with Gasteiger partial charge in [0.2, 0.25) is 0 Å². The van der Waals surface area contributed by atoms with Gasteiger partial charge in [0, 0.05) is 6.92 Å². The molecule has 0 radical (unpaired) electrons. The second-order valence-corrected chi connectivity index (χ2v) is 3.71. The molecule has 0 aromatic rings. The third kappa shape index (κ3) is 7.54. The summed E-state index contributed by atoms with van der Waals surface area (Å²) in [5, 5.41) is 8.71. The second-order valence-electron chi connectivity index (χ2n) is 3.71. The van der Waals surface area contributed by atoms with Gasteiger partial charge in [0.25, 0.3) is 0 Å². The van der Waals surface area contributed by atoms with Gasteiger partial charge in [0.15, 0.2) is 6.08 Å². The first-order valence-corrected chi connectivity index (χ1v) is 4.06. The van der Waals surface area contributed by atoms with Crippen molar-refractivity contribution in [3.05, 3.63) is 0 Å². The molecule has 1 N–H and O–H groups in total. The summed E-state index contributed by atoms with van der Waals surface area (Å²) in [6.45, 7) is -1.35. The Bertz CT molecular complexity index is 309. The average molecular weight is 207 g/mol. The van der Waals surface area contributed by atoms with Gasteiger partial charge < -0.3 is 14.3 Å². The van der Waals surface area contributed by atoms with Gasteiger partial charge in [0.1, 0.15) is 6.50 Å². The number of carbonyl (C=O) groups is 2. The van der Waals surface area contributed by atoms with E-state index in [2.05, 4.69) is 4.74 Å². The van der Waals surface area contributed by atoms with Crippen LogP contribution in [0.5, 0.6) is 0 Å². The molecule has 0 aliphatic rings. The minimum atomic E-state index is -2.47. The van der Waals surface area contributed by atoms with Gasteiger partial charge in [-0.15, -0.1) is 0 Å². The number of hydrogen-bond donors (Lipinski definition) is 1. The van der Waals surface area contributed by atoms with E-state index in [0.717, 1.165) is 6.92 Å².